The van der Waals surface area contributed by atoms with Gasteiger partial charge in [0.15, 0.2) is 0 Å². The molecule has 20 heavy (non-hydrogen) atoms. The molecule has 1 aliphatic rings. The lowest BCUT2D eigenvalue weighted by Crippen LogP contribution is -2.43. The van der Waals surface area contributed by atoms with Crippen LogP contribution in [0.4, 0.5) is 5.69 Å². The first kappa shape index (κ1) is 15.1. The summed E-state index contributed by atoms with van der Waals surface area (Å²) in [5, 5.41) is 6.90. The number of anilines is 1. The summed E-state index contributed by atoms with van der Waals surface area (Å²) in [6, 6.07) is 7.11. The van der Waals surface area contributed by atoms with E-state index < -0.39 is 0 Å². The minimum Gasteiger partial charge on any atom is -0.495 e. The second-order valence-electron chi connectivity index (χ2n) is 5.43. The van der Waals surface area contributed by atoms with Crippen molar-refractivity contribution in [2.75, 3.05) is 38.2 Å². The third-order valence-electron chi connectivity index (χ3n) is 3.97. The van der Waals surface area contributed by atoms with Crippen LogP contribution in [0.1, 0.15) is 25.8 Å². The molecule has 1 aromatic carbocycles. The maximum atomic E-state index is 5.58. The molecule has 2 rings (SSSR count). The lowest BCUT2D eigenvalue weighted by molar-refractivity contribution is 0.412. The molecule has 0 aromatic heterocycles. The average Bonchev–Trinajstić information content (AvgIpc) is 2.53. The van der Waals surface area contributed by atoms with Gasteiger partial charge in [-0.3, -0.25) is 0 Å². The molecule has 0 aliphatic carbocycles. The van der Waals surface area contributed by atoms with E-state index in [1.165, 1.54) is 11.3 Å². The van der Waals surface area contributed by atoms with Crippen molar-refractivity contribution in [2.24, 2.45) is 0 Å². The SMILES string of the molecule is CCC(C)NCc1ccc(N2CCNCC2)c(OC)c1. The van der Waals surface area contributed by atoms with E-state index in [2.05, 4.69) is 47.6 Å². The Balaban J connectivity index is 2.06. The molecule has 1 aliphatic heterocycles. The molecule has 4 nitrogen and oxygen atoms in total. The van der Waals surface area contributed by atoms with Gasteiger partial charge in [0, 0.05) is 38.8 Å². The van der Waals surface area contributed by atoms with Gasteiger partial charge in [0.2, 0.25) is 0 Å². The highest BCUT2D eigenvalue weighted by Gasteiger charge is 2.15. The van der Waals surface area contributed by atoms with Gasteiger partial charge in [-0.2, -0.15) is 0 Å². The monoisotopic (exact) mass is 277 g/mol. The van der Waals surface area contributed by atoms with Crippen molar-refractivity contribution in [1.29, 1.82) is 0 Å². The predicted molar refractivity (Wildman–Crippen MR) is 84.7 cm³/mol. The second-order valence-corrected chi connectivity index (χ2v) is 5.43. The summed E-state index contributed by atoms with van der Waals surface area (Å²) in [7, 11) is 1.76. The third kappa shape index (κ3) is 3.87. The lowest BCUT2D eigenvalue weighted by atomic mass is 10.1. The Morgan fingerprint density at radius 3 is 2.75 bits per heavy atom. The maximum Gasteiger partial charge on any atom is 0.142 e. The Hall–Kier alpha value is -1.26. The minimum atomic E-state index is 0.550. The van der Waals surface area contributed by atoms with E-state index in [1.807, 2.05) is 0 Å². The van der Waals surface area contributed by atoms with E-state index in [1.54, 1.807) is 7.11 Å². The first-order chi connectivity index (χ1) is 9.74. The maximum absolute atomic E-state index is 5.58. The number of hydrogen-bond acceptors (Lipinski definition) is 4. The Labute approximate surface area is 122 Å². The van der Waals surface area contributed by atoms with Gasteiger partial charge in [-0.05, 0) is 31.0 Å². The molecule has 0 saturated carbocycles. The molecule has 1 atom stereocenters. The van der Waals surface area contributed by atoms with Crippen LogP contribution in [-0.4, -0.2) is 39.3 Å². The highest BCUT2D eigenvalue weighted by atomic mass is 16.5. The molecule has 0 amide bonds. The molecule has 1 saturated heterocycles. The molecular weight excluding hydrogens is 250 g/mol. The predicted octanol–water partition coefficient (Wildman–Crippen LogP) is 1.99. The quantitative estimate of drug-likeness (QED) is 0.834. The summed E-state index contributed by atoms with van der Waals surface area (Å²) < 4.78 is 5.58. The fourth-order valence-corrected chi connectivity index (χ4v) is 2.44. The van der Waals surface area contributed by atoms with Crippen LogP contribution in [0.3, 0.4) is 0 Å². The normalized spacial score (nSPS) is 17.1. The Morgan fingerprint density at radius 2 is 2.10 bits per heavy atom. The second kappa shape index (κ2) is 7.50. The van der Waals surface area contributed by atoms with Crippen LogP contribution in [0.2, 0.25) is 0 Å². The van der Waals surface area contributed by atoms with Crippen molar-refractivity contribution in [2.45, 2.75) is 32.9 Å². The summed E-state index contributed by atoms with van der Waals surface area (Å²) in [6.45, 7) is 9.48. The molecule has 0 bridgehead atoms. The van der Waals surface area contributed by atoms with Gasteiger partial charge in [-0.25, -0.2) is 0 Å². The van der Waals surface area contributed by atoms with Gasteiger partial charge in [-0.15, -0.1) is 0 Å². The van der Waals surface area contributed by atoms with Gasteiger partial charge in [0.1, 0.15) is 5.75 Å². The van der Waals surface area contributed by atoms with Gasteiger partial charge in [-0.1, -0.05) is 13.0 Å². The van der Waals surface area contributed by atoms with E-state index in [0.717, 1.165) is 44.9 Å². The van der Waals surface area contributed by atoms with Crippen molar-refractivity contribution in [1.82, 2.24) is 10.6 Å². The molecule has 2 N–H and O–H groups in total. The summed E-state index contributed by atoms with van der Waals surface area (Å²) in [5.74, 6) is 0.982. The van der Waals surface area contributed by atoms with Crippen LogP contribution in [0, 0.1) is 0 Å². The zero-order valence-electron chi connectivity index (χ0n) is 12.9. The molecule has 1 unspecified atom stereocenters. The Bertz CT molecular complexity index is 416. The molecule has 1 fully saturated rings. The van der Waals surface area contributed by atoms with Gasteiger partial charge < -0.3 is 20.3 Å². The topological polar surface area (TPSA) is 36.5 Å². The standard InChI is InChI=1S/C16H27N3O/c1-4-13(2)18-12-14-5-6-15(16(11-14)20-3)19-9-7-17-8-10-19/h5-6,11,13,17-18H,4,7-10,12H2,1-3H3. The van der Waals surface area contributed by atoms with Crippen molar-refractivity contribution in [3.05, 3.63) is 23.8 Å². The van der Waals surface area contributed by atoms with E-state index in [4.69, 9.17) is 4.74 Å². The van der Waals surface area contributed by atoms with Gasteiger partial charge in [0.25, 0.3) is 0 Å². The van der Waals surface area contributed by atoms with Gasteiger partial charge in [0.05, 0.1) is 12.8 Å². The van der Waals surface area contributed by atoms with Crippen molar-refractivity contribution < 1.29 is 4.74 Å². The number of hydrogen-bond donors (Lipinski definition) is 2. The van der Waals surface area contributed by atoms with E-state index in [-0.39, 0.29) is 0 Å². The summed E-state index contributed by atoms with van der Waals surface area (Å²) >= 11 is 0. The molecule has 1 aromatic rings. The van der Waals surface area contributed by atoms with E-state index >= 15 is 0 Å². The average molecular weight is 277 g/mol. The zero-order valence-corrected chi connectivity index (χ0v) is 12.9. The Morgan fingerprint density at radius 1 is 1.35 bits per heavy atom. The largest absolute Gasteiger partial charge is 0.495 e. The van der Waals surface area contributed by atoms with E-state index in [0.29, 0.717) is 6.04 Å². The lowest BCUT2D eigenvalue weighted by Gasteiger charge is -2.30. The fraction of sp³-hybridized carbons (Fsp3) is 0.625. The number of piperazine rings is 1. The summed E-state index contributed by atoms with van der Waals surface area (Å²) in [5.41, 5.74) is 2.49. The number of benzene rings is 1. The molecular formula is C16H27N3O. The van der Waals surface area contributed by atoms with Crippen molar-refractivity contribution >= 4 is 5.69 Å². The van der Waals surface area contributed by atoms with Gasteiger partial charge >= 0.3 is 0 Å². The highest BCUT2D eigenvalue weighted by Crippen LogP contribution is 2.29. The van der Waals surface area contributed by atoms with Crippen LogP contribution in [0.15, 0.2) is 18.2 Å². The fourth-order valence-electron chi connectivity index (χ4n) is 2.44. The number of nitrogens with one attached hydrogen (secondary N) is 2. The van der Waals surface area contributed by atoms with Crippen LogP contribution < -0.4 is 20.3 Å². The number of ether oxygens (including phenoxy) is 1. The van der Waals surface area contributed by atoms with Crippen LogP contribution >= 0.6 is 0 Å². The molecule has 1 heterocycles. The van der Waals surface area contributed by atoms with Crippen LogP contribution in [-0.2, 0) is 6.54 Å². The summed E-state index contributed by atoms with van der Waals surface area (Å²) in [4.78, 5) is 2.39. The van der Waals surface area contributed by atoms with E-state index in [9.17, 15) is 0 Å². The Kier molecular flexibility index (Phi) is 5.68. The third-order valence-corrected chi connectivity index (χ3v) is 3.97. The molecule has 4 heteroatoms. The number of nitrogens with zero attached hydrogens (tertiary/aromatic N) is 1. The summed E-state index contributed by atoms with van der Waals surface area (Å²) in [6.07, 6.45) is 1.15. The van der Waals surface area contributed by atoms with Crippen molar-refractivity contribution in [3.8, 4) is 5.75 Å². The first-order valence-corrected chi connectivity index (χ1v) is 7.60. The smallest absolute Gasteiger partial charge is 0.142 e. The van der Waals surface area contributed by atoms with Crippen LogP contribution in [0.25, 0.3) is 0 Å². The minimum absolute atomic E-state index is 0.550. The number of rotatable bonds is 6. The molecule has 112 valence electrons. The van der Waals surface area contributed by atoms with Crippen LogP contribution in [0.5, 0.6) is 5.75 Å². The molecule has 0 spiro atoms. The first-order valence-electron chi connectivity index (χ1n) is 7.60. The highest BCUT2D eigenvalue weighted by molar-refractivity contribution is 5.60. The molecule has 0 radical (unpaired) electrons. The number of methoxy groups -OCH3 is 1. The van der Waals surface area contributed by atoms with Crippen molar-refractivity contribution in [3.63, 3.8) is 0 Å². The zero-order chi connectivity index (χ0) is 14.4.